The monoisotopic (exact) mass is 384 g/mol. The number of likely N-dealkylation sites (tertiary alicyclic amines) is 1. The van der Waals surface area contributed by atoms with Gasteiger partial charge in [0, 0.05) is 43.7 Å². The third-order valence-electron chi connectivity index (χ3n) is 5.72. The van der Waals surface area contributed by atoms with E-state index in [0.29, 0.717) is 0 Å². The standard InChI is InChI=1S/C21H28N4O3/c1-27-18-7-5-6-16(20(18)28-2)14-24-11-8-15(13-24)17-12-19(26)23-21(22-17)25-9-3-4-10-25/h5-7,12,15H,3-4,8-11,13-14H2,1-2H3,(H,22,23,26)/t15-/m0/s1. The van der Waals surface area contributed by atoms with E-state index in [2.05, 4.69) is 20.9 Å². The molecule has 0 radical (unpaired) electrons. The minimum Gasteiger partial charge on any atom is -0.493 e. The smallest absolute Gasteiger partial charge is 0.252 e. The van der Waals surface area contributed by atoms with Crippen molar-refractivity contribution in [3.05, 3.63) is 45.9 Å². The molecule has 2 aromatic rings. The Kier molecular flexibility index (Phi) is 5.52. The van der Waals surface area contributed by atoms with Crippen LogP contribution in [0.2, 0.25) is 0 Å². The van der Waals surface area contributed by atoms with Crippen molar-refractivity contribution in [2.75, 3.05) is 45.3 Å². The zero-order valence-electron chi connectivity index (χ0n) is 16.6. The largest absolute Gasteiger partial charge is 0.493 e. The third-order valence-corrected chi connectivity index (χ3v) is 5.72. The molecule has 0 spiro atoms. The van der Waals surface area contributed by atoms with Crippen LogP contribution < -0.4 is 19.9 Å². The summed E-state index contributed by atoms with van der Waals surface area (Å²) in [4.78, 5) is 24.5. The lowest BCUT2D eigenvalue weighted by atomic mass is 10.0. The number of H-pyrrole nitrogens is 1. The lowest BCUT2D eigenvalue weighted by Crippen LogP contribution is -2.25. The molecule has 2 aliphatic rings. The van der Waals surface area contributed by atoms with Crippen LogP contribution in [0, 0.1) is 0 Å². The maximum Gasteiger partial charge on any atom is 0.252 e. The molecule has 1 aromatic carbocycles. The fourth-order valence-corrected chi connectivity index (χ4v) is 4.29. The average Bonchev–Trinajstić information content (AvgIpc) is 3.39. The quantitative estimate of drug-likeness (QED) is 0.825. The molecule has 0 bridgehead atoms. The summed E-state index contributed by atoms with van der Waals surface area (Å²) >= 11 is 0. The number of hydrogen-bond acceptors (Lipinski definition) is 6. The summed E-state index contributed by atoms with van der Waals surface area (Å²) in [5.74, 6) is 2.55. The first-order chi connectivity index (χ1) is 13.7. The van der Waals surface area contributed by atoms with Gasteiger partial charge in [0.2, 0.25) is 5.95 Å². The second kappa shape index (κ2) is 8.22. The van der Waals surface area contributed by atoms with E-state index in [1.54, 1.807) is 20.3 Å². The molecule has 28 heavy (non-hydrogen) atoms. The fraction of sp³-hybridized carbons (Fsp3) is 0.524. The van der Waals surface area contributed by atoms with Gasteiger partial charge in [0.25, 0.3) is 5.56 Å². The maximum absolute atomic E-state index is 12.2. The van der Waals surface area contributed by atoms with E-state index in [-0.39, 0.29) is 11.5 Å². The maximum atomic E-state index is 12.2. The second-order valence-electron chi connectivity index (χ2n) is 7.56. The highest BCUT2D eigenvalue weighted by Crippen LogP contribution is 2.34. The predicted molar refractivity (Wildman–Crippen MR) is 108 cm³/mol. The van der Waals surface area contributed by atoms with Gasteiger partial charge in [0.05, 0.1) is 19.9 Å². The number of anilines is 1. The van der Waals surface area contributed by atoms with Crippen LogP contribution in [0.25, 0.3) is 0 Å². The van der Waals surface area contributed by atoms with Crippen LogP contribution in [-0.2, 0) is 6.54 Å². The van der Waals surface area contributed by atoms with Crippen LogP contribution in [0.3, 0.4) is 0 Å². The van der Waals surface area contributed by atoms with Crippen LogP contribution in [0.15, 0.2) is 29.1 Å². The molecule has 4 rings (SSSR count). The molecule has 1 aromatic heterocycles. The van der Waals surface area contributed by atoms with Crippen LogP contribution in [0.4, 0.5) is 5.95 Å². The van der Waals surface area contributed by atoms with Gasteiger partial charge in [-0.25, -0.2) is 4.98 Å². The number of nitrogens with zero attached hydrogens (tertiary/aromatic N) is 3. The van der Waals surface area contributed by atoms with Gasteiger partial charge in [0.1, 0.15) is 0 Å². The Morgan fingerprint density at radius 3 is 2.75 bits per heavy atom. The van der Waals surface area contributed by atoms with E-state index in [9.17, 15) is 4.79 Å². The van der Waals surface area contributed by atoms with Crippen molar-refractivity contribution in [3.8, 4) is 11.5 Å². The highest BCUT2D eigenvalue weighted by molar-refractivity contribution is 5.46. The number of aromatic amines is 1. The van der Waals surface area contributed by atoms with E-state index >= 15 is 0 Å². The second-order valence-corrected chi connectivity index (χ2v) is 7.56. The van der Waals surface area contributed by atoms with Crippen molar-refractivity contribution >= 4 is 5.95 Å². The third kappa shape index (κ3) is 3.85. The van der Waals surface area contributed by atoms with Crippen LogP contribution in [-0.4, -0.2) is 55.3 Å². The van der Waals surface area contributed by atoms with Crippen molar-refractivity contribution in [2.45, 2.75) is 31.7 Å². The van der Waals surface area contributed by atoms with Crippen LogP contribution in [0.5, 0.6) is 11.5 Å². The Hall–Kier alpha value is -2.54. The van der Waals surface area contributed by atoms with Gasteiger partial charge >= 0.3 is 0 Å². The van der Waals surface area contributed by atoms with Crippen molar-refractivity contribution in [1.82, 2.24) is 14.9 Å². The lowest BCUT2D eigenvalue weighted by Gasteiger charge is -2.20. The Bertz CT molecular complexity index is 876. The fourth-order valence-electron chi connectivity index (χ4n) is 4.29. The van der Waals surface area contributed by atoms with Gasteiger partial charge in [-0.1, -0.05) is 12.1 Å². The van der Waals surface area contributed by atoms with E-state index in [1.807, 2.05) is 12.1 Å². The highest BCUT2D eigenvalue weighted by Gasteiger charge is 2.27. The van der Waals surface area contributed by atoms with E-state index in [4.69, 9.17) is 14.5 Å². The Labute approximate surface area is 165 Å². The zero-order chi connectivity index (χ0) is 19.5. The topological polar surface area (TPSA) is 70.7 Å². The van der Waals surface area contributed by atoms with Crippen molar-refractivity contribution < 1.29 is 9.47 Å². The minimum absolute atomic E-state index is 0.0557. The molecular weight excluding hydrogens is 356 g/mol. The first-order valence-electron chi connectivity index (χ1n) is 9.96. The van der Waals surface area contributed by atoms with E-state index in [0.717, 1.165) is 80.7 Å². The Morgan fingerprint density at radius 1 is 1.18 bits per heavy atom. The number of ether oxygens (including phenoxy) is 2. The molecule has 150 valence electrons. The molecule has 2 aliphatic heterocycles. The molecule has 0 unspecified atom stereocenters. The summed E-state index contributed by atoms with van der Waals surface area (Å²) in [6.07, 6.45) is 3.32. The van der Waals surface area contributed by atoms with Crippen LogP contribution in [0.1, 0.15) is 36.4 Å². The van der Waals surface area contributed by atoms with Gasteiger partial charge in [-0.15, -0.1) is 0 Å². The Balaban J connectivity index is 1.48. The number of nitrogens with one attached hydrogen (secondary N) is 1. The van der Waals surface area contributed by atoms with Crippen LogP contribution >= 0.6 is 0 Å². The predicted octanol–water partition coefficient (Wildman–Crippen LogP) is 2.38. The molecule has 2 saturated heterocycles. The lowest BCUT2D eigenvalue weighted by molar-refractivity contribution is 0.308. The minimum atomic E-state index is -0.0557. The van der Waals surface area contributed by atoms with Gasteiger partial charge in [-0.05, 0) is 31.9 Å². The molecule has 1 N–H and O–H groups in total. The van der Waals surface area contributed by atoms with Gasteiger partial charge < -0.3 is 14.4 Å². The molecule has 1 atom stereocenters. The van der Waals surface area contributed by atoms with E-state index in [1.165, 1.54) is 0 Å². The molecule has 0 saturated carbocycles. The van der Waals surface area contributed by atoms with E-state index < -0.39 is 0 Å². The molecular formula is C21H28N4O3. The van der Waals surface area contributed by atoms with Crippen molar-refractivity contribution in [1.29, 1.82) is 0 Å². The van der Waals surface area contributed by atoms with Gasteiger partial charge in [-0.3, -0.25) is 14.7 Å². The first-order valence-corrected chi connectivity index (χ1v) is 9.96. The molecule has 0 aliphatic carbocycles. The van der Waals surface area contributed by atoms with Gasteiger partial charge in [0.15, 0.2) is 11.5 Å². The average molecular weight is 384 g/mol. The number of benzene rings is 1. The van der Waals surface area contributed by atoms with Crippen molar-refractivity contribution in [2.24, 2.45) is 0 Å². The number of hydrogen-bond donors (Lipinski definition) is 1. The van der Waals surface area contributed by atoms with Gasteiger partial charge in [-0.2, -0.15) is 0 Å². The number of para-hydroxylation sites is 1. The highest BCUT2D eigenvalue weighted by atomic mass is 16.5. The molecule has 2 fully saturated rings. The Morgan fingerprint density at radius 2 is 2.00 bits per heavy atom. The number of methoxy groups -OCH3 is 2. The molecule has 3 heterocycles. The number of rotatable bonds is 6. The summed E-state index contributed by atoms with van der Waals surface area (Å²) in [6, 6.07) is 7.64. The van der Waals surface area contributed by atoms with Crippen molar-refractivity contribution in [3.63, 3.8) is 0 Å². The summed E-state index contributed by atoms with van der Waals surface area (Å²) in [5, 5.41) is 0. The molecule has 7 nitrogen and oxygen atoms in total. The zero-order valence-corrected chi connectivity index (χ0v) is 16.6. The first kappa shape index (κ1) is 18.8. The molecule has 0 amide bonds. The normalized spacial score (nSPS) is 19.9. The number of aromatic nitrogens is 2. The summed E-state index contributed by atoms with van der Waals surface area (Å²) in [6.45, 7) is 4.59. The SMILES string of the molecule is COc1cccc(CN2CC[C@H](c3cc(=O)[nH]c(N4CCCC4)n3)C2)c1OC. The summed E-state index contributed by atoms with van der Waals surface area (Å²) in [5.41, 5.74) is 1.96. The summed E-state index contributed by atoms with van der Waals surface area (Å²) < 4.78 is 11.0. The molecule has 7 heteroatoms. The summed E-state index contributed by atoms with van der Waals surface area (Å²) in [7, 11) is 3.33.